The Morgan fingerprint density at radius 3 is 2.81 bits per heavy atom. The van der Waals surface area contributed by atoms with Crippen LogP contribution < -0.4 is 10.1 Å². The van der Waals surface area contributed by atoms with Crippen LogP contribution in [0.4, 0.5) is 11.4 Å². The molecule has 0 saturated carbocycles. The van der Waals surface area contributed by atoms with Gasteiger partial charge in [0.25, 0.3) is 0 Å². The number of hydrogen-bond acceptors (Lipinski definition) is 6. The van der Waals surface area contributed by atoms with E-state index in [4.69, 9.17) is 4.74 Å². The molecule has 0 unspecified atom stereocenters. The summed E-state index contributed by atoms with van der Waals surface area (Å²) in [6.45, 7) is 0. The van der Waals surface area contributed by atoms with Gasteiger partial charge in [-0.3, -0.25) is 4.31 Å². The number of aromatic nitrogens is 2. The first kappa shape index (κ1) is 17.9. The van der Waals surface area contributed by atoms with Gasteiger partial charge in [0, 0.05) is 17.3 Å². The van der Waals surface area contributed by atoms with Crippen molar-refractivity contribution in [2.75, 3.05) is 26.5 Å². The summed E-state index contributed by atoms with van der Waals surface area (Å²) >= 11 is 3.36. The van der Waals surface area contributed by atoms with Crippen molar-refractivity contribution < 1.29 is 4.74 Å². The molecule has 138 valence electrons. The number of aromatic amines is 1. The van der Waals surface area contributed by atoms with E-state index < -0.39 is 0 Å². The third-order valence-electron chi connectivity index (χ3n) is 4.13. The standard InChI is InChI=1S/C20H20N4OS2/c1-24(2)27-14-4-5-18(25-3)16(10-14)23-17-11-22-20-19(17)15(6-8-21-20)13-7-9-26-12-13/h4-12,23H,1-3H3,(H,21,22). The number of benzene rings is 1. The minimum absolute atomic E-state index is 0.799. The summed E-state index contributed by atoms with van der Waals surface area (Å²) in [6.07, 6.45) is 3.79. The van der Waals surface area contributed by atoms with Gasteiger partial charge in [-0.2, -0.15) is 11.3 Å². The Morgan fingerprint density at radius 1 is 1.19 bits per heavy atom. The van der Waals surface area contributed by atoms with Gasteiger partial charge in [0.05, 0.1) is 23.9 Å². The highest BCUT2D eigenvalue weighted by molar-refractivity contribution is 7.97. The molecule has 0 amide bonds. The Hall–Kier alpha value is -2.48. The summed E-state index contributed by atoms with van der Waals surface area (Å²) < 4.78 is 7.62. The molecule has 3 heterocycles. The summed E-state index contributed by atoms with van der Waals surface area (Å²) in [5.41, 5.74) is 5.11. The molecular weight excluding hydrogens is 376 g/mol. The molecule has 0 spiro atoms. The second-order valence-corrected chi connectivity index (χ2v) is 8.35. The fraction of sp³-hybridized carbons (Fsp3) is 0.150. The molecule has 3 aromatic heterocycles. The lowest BCUT2D eigenvalue weighted by Gasteiger charge is -2.14. The summed E-state index contributed by atoms with van der Waals surface area (Å²) in [7, 11) is 5.74. The largest absolute Gasteiger partial charge is 0.495 e. The molecule has 1 aromatic carbocycles. The molecule has 0 aliphatic rings. The fourth-order valence-electron chi connectivity index (χ4n) is 3.01. The van der Waals surface area contributed by atoms with Crippen molar-refractivity contribution in [1.82, 2.24) is 14.3 Å². The van der Waals surface area contributed by atoms with Gasteiger partial charge in [0.1, 0.15) is 11.4 Å². The Balaban J connectivity index is 1.78. The van der Waals surface area contributed by atoms with Crippen LogP contribution in [0.3, 0.4) is 0 Å². The summed E-state index contributed by atoms with van der Waals surface area (Å²) in [5.74, 6) is 0.799. The van der Waals surface area contributed by atoms with Crippen LogP contribution in [0, 0.1) is 0 Å². The molecule has 4 rings (SSSR count). The number of methoxy groups -OCH3 is 1. The fourth-order valence-corrected chi connectivity index (χ4v) is 4.39. The van der Waals surface area contributed by atoms with Crippen LogP contribution in [0.5, 0.6) is 5.75 Å². The summed E-state index contributed by atoms with van der Waals surface area (Å²) in [6, 6.07) is 10.3. The highest BCUT2D eigenvalue weighted by Crippen LogP contribution is 2.38. The van der Waals surface area contributed by atoms with Crippen molar-refractivity contribution in [3.8, 4) is 16.9 Å². The van der Waals surface area contributed by atoms with E-state index >= 15 is 0 Å². The molecule has 2 N–H and O–H groups in total. The van der Waals surface area contributed by atoms with E-state index in [1.807, 2.05) is 32.6 Å². The lowest BCUT2D eigenvalue weighted by atomic mass is 10.1. The molecule has 0 fully saturated rings. The van der Waals surface area contributed by atoms with E-state index in [0.29, 0.717) is 0 Å². The number of nitrogens with zero attached hydrogens (tertiary/aromatic N) is 2. The minimum atomic E-state index is 0.799. The minimum Gasteiger partial charge on any atom is -0.495 e. The highest BCUT2D eigenvalue weighted by Gasteiger charge is 2.14. The number of nitrogens with one attached hydrogen (secondary N) is 2. The van der Waals surface area contributed by atoms with E-state index in [1.54, 1.807) is 30.4 Å². The van der Waals surface area contributed by atoms with Crippen molar-refractivity contribution in [2.45, 2.75) is 4.90 Å². The van der Waals surface area contributed by atoms with Gasteiger partial charge in [-0.15, -0.1) is 0 Å². The summed E-state index contributed by atoms with van der Waals surface area (Å²) in [5, 5.41) is 8.85. The van der Waals surface area contributed by atoms with Crippen LogP contribution in [-0.2, 0) is 0 Å². The molecule has 0 aliphatic carbocycles. The number of rotatable bonds is 6. The number of ether oxygens (including phenoxy) is 1. The molecular formula is C20H20N4OS2. The van der Waals surface area contributed by atoms with Crippen molar-refractivity contribution in [1.29, 1.82) is 0 Å². The number of pyridine rings is 1. The zero-order valence-corrected chi connectivity index (χ0v) is 16.9. The van der Waals surface area contributed by atoms with Crippen molar-refractivity contribution in [3.05, 3.63) is 53.5 Å². The number of anilines is 2. The maximum atomic E-state index is 5.56. The molecule has 27 heavy (non-hydrogen) atoms. The SMILES string of the molecule is COc1ccc(SN(C)C)cc1Nc1c[nH]c2nccc(-c3ccsc3)c12. The number of thiophene rings is 1. The first-order valence-corrected chi connectivity index (χ1v) is 10.2. The van der Waals surface area contributed by atoms with Gasteiger partial charge in [-0.1, -0.05) is 0 Å². The van der Waals surface area contributed by atoms with Crippen molar-refractivity contribution in [3.63, 3.8) is 0 Å². The van der Waals surface area contributed by atoms with Crippen LogP contribution in [0.15, 0.2) is 58.4 Å². The number of H-pyrrole nitrogens is 1. The zero-order chi connectivity index (χ0) is 18.8. The molecule has 4 aromatic rings. The molecule has 0 aliphatic heterocycles. The van der Waals surface area contributed by atoms with E-state index in [1.165, 1.54) is 5.56 Å². The Bertz CT molecular complexity index is 1060. The predicted octanol–water partition coefficient (Wildman–Crippen LogP) is 5.61. The molecule has 5 nitrogen and oxygen atoms in total. The van der Waals surface area contributed by atoms with Gasteiger partial charge in [0.15, 0.2) is 0 Å². The first-order valence-electron chi connectivity index (χ1n) is 8.44. The van der Waals surface area contributed by atoms with Crippen LogP contribution in [0.1, 0.15) is 0 Å². The van der Waals surface area contributed by atoms with Crippen LogP contribution in [0.2, 0.25) is 0 Å². The first-order chi connectivity index (χ1) is 13.2. The van der Waals surface area contributed by atoms with E-state index in [-0.39, 0.29) is 0 Å². The van der Waals surface area contributed by atoms with Gasteiger partial charge in [-0.25, -0.2) is 4.98 Å². The van der Waals surface area contributed by atoms with Gasteiger partial charge >= 0.3 is 0 Å². The molecule has 7 heteroatoms. The van der Waals surface area contributed by atoms with Crippen LogP contribution >= 0.6 is 23.3 Å². The third kappa shape index (κ3) is 3.66. The van der Waals surface area contributed by atoms with Crippen molar-refractivity contribution >= 4 is 45.7 Å². The summed E-state index contributed by atoms with van der Waals surface area (Å²) in [4.78, 5) is 8.89. The smallest absolute Gasteiger partial charge is 0.142 e. The molecule has 0 bridgehead atoms. The lowest BCUT2D eigenvalue weighted by Crippen LogP contribution is -2.00. The Labute approximate surface area is 166 Å². The average Bonchev–Trinajstić information content (AvgIpc) is 3.32. The van der Waals surface area contributed by atoms with E-state index in [2.05, 4.69) is 54.6 Å². The topological polar surface area (TPSA) is 53.2 Å². The zero-order valence-electron chi connectivity index (χ0n) is 15.3. The van der Waals surface area contributed by atoms with E-state index in [0.717, 1.165) is 38.6 Å². The third-order valence-corrected chi connectivity index (χ3v) is 5.65. The van der Waals surface area contributed by atoms with Gasteiger partial charge in [-0.05, 0) is 78.3 Å². The maximum Gasteiger partial charge on any atom is 0.142 e. The van der Waals surface area contributed by atoms with Crippen LogP contribution in [0.25, 0.3) is 22.2 Å². The predicted molar refractivity (Wildman–Crippen MR) is 115 cm³/mol. The monoisotopic (exact) mass is 396 g/mol. The Kier molecular flexibility index (Phi) is 5.07. The molecule has 0 saturated heterocycles. The van der Waals surface area contributed by atoms with Crippen molar-refractivity contribution in [2.24, 2.45) is 0 Å². The highest BCUT2D eigenvalue weighted by atomic mass is 32.2. The number of fused-ring (bicyclic) bond motifs is 1. The normalized spacial score (nSPS) is 11.3. The Morgan fingerprint density at radius 2 is 2.07 bits per heavy atom. The molecule has 0 radical (unpaired) electrons. The second-order valence-electron chi connectivity index (χ2n) is 6.19. The number of hydrogen-bond donors (Lipinski definition) is 2. The average molecular weight is 397 g/mol. The quantitative estimate of drug-likeness (QED) is 0.415. The van der Waals surface area contributed by atoms with Gasteiger partial charge in [0.2, 0.25) is 0 Å². The van der Waals surface area contributed by atoms with E-state index in [9.17, 15) is 0 Å². The lowest BCUT2D eigenvalue weighted by molar-refractivity contribution is 0.416. The maximum absolute atomic E-state index is 5.56. The second kappa shape index (κ2) is 7.64. The van der Waals surface area contributed by atoms with Crippen LogP contribution in [-0.4, -0.2) is 35.5 Å². The van der Waals surface area contributed by atoms with Gasteiger partial charge < -0.3 is 15.0 Å². The molecule has 0 atom stereocenters.